The van der Waals surface area contributed by atoms with Crippen LogP contribution in [0.25, 0.3) is 10.9 Å². The second-order valence-corrected chi connectivity index (χ2v) is 7.59. The quantitative estimate of drug-likeness (QED) is 0.843. The molecule has 0 radical (unpaired) electrons. The van der Waals surface area contributed by atoms with Gasteiger partial charge in [0.25, 0.3) is 0 Å². The van der Waals surface area contributed by atoms with E-state index in [0.717, 1.165) is 29.7 Å². The average Bonchev–Trinajstić information content (AvgIpc) is 3.16. The molecular formula is C21H31N3O. The lowest BCUT2D eigenvalue weighted by Crippen LogP contribution is -2.43. The van der Waals surface area contributed by atoms with Crippen LogP contribution in [0, 0.1) is 20.8 Å². The van der Waals surface area contributed by atoms with Crippen LogP contribution in [0.1, 0.15) is 48.6 Å². The van der Waals surface area contributed by atoms with Crippen LogP contribution in [-0.4, -0.2) is 41.5 Å². The number of fused-ring (bicyclic) bond motifs is 1. The number of hydrogen-bond acceptors (Lipinski definition) is 2. The van der Waals surface area contributed by atoms with Crippen molar-refractivity contribution >= 4 is 16.8 Å². The maximum absolute atomic E-state index is 12.7. The number of carbonyl (C=O) groups excluding carboxylic acids is 1. The number of nitrogens with zero attached hydrogens (tertiary/aromatic N) is 1. The zero-order chi connectivity index (χ0) is 18.0. The van der Waals surface area contributed by atoms with Crippen molar-refractivity contribution in [3.63, 3.8) is 0 Å². The van der Waals surface area contributed by atoms with Gasteiger partial charge in [-0.15, -0.1) is 0 Å². The lowest BCUT2D eigenvalue weighted by molar-refractivity contribution is -0.121. The van der Waals surface area contributed by atoms with E-state index in [4.69, 9.17) is 0 Å². The molecule has 1 aromatic carbocycles. The Morgan fingerprint density at radius 2 is 1.96 bits per heavy atom. The van der Waals surface area contributed by atoms with Gasteiger partial charge in [-0.2, -0.15) is 0 Å². The molecule has 1 amide bonds. The predicted molar refractivity (Wildman–Crippen MR) is 104 cm³/mol. The van der Waals surface area contributed by atoms with E-state index in [2.05, 4.69) is 55.0 Å². The summed E-state index contributed by atoms with van der Waals surface area (Å²) in [5.41, 5.74) is 5.88. The smallest absolute Gasteiger partial charge is 0.224 e. The largest absolute Gasteiger partial charge is 0.358 e. The highest BCUT2D eigenvalue weighted by molar-refractivity contribution is 5.92. The van der Waals surface area contributed by atoms with Crippen LogP contribution in [-0.2, 0) is 11.2 Å². The van der Waals surface area contributed by atoms with Crippen LogP contribution < -0.4 is 5.32 Å². The van der Waals surface area contributed by atoms with Gasteiger partial charge in [-0.05, 0) is 70.3 Å². The molecule has 1 fully saturated rings. The molecule has 1 saturated heterocycles. The zero-order valence-electron chi connectivity index (χ0n) is 16.0. The molecule has 2 heterocycles. The third kappa shape index (κ3) is 4.06. The molecule has 0 saturated carbocycles. The van der Waals surface area contributed by atoms with E-state index in [0.29, 0.717) is 6.42 Å². The Kier molecular flexibility index (Phi) is 5.48. The van der Waals surface area contributed by atoms with Crippen LogP contribution in [0.15, 0.2) is 12.1 Å². The van der Waals surface area contributed by atoms with E-state index in [1.54, 1.807) is 0 Å². The Labute approximate surface area is 151 Å². The number of amides is 1. The molecule has 2 aromatic rings. The molecule has 0 spiro atoms. The standard InChI is InChI=1S/C21H31N3O/c1-5-17(13-24-8-6-7-9-24)23-20(25)12-18-16(4)22-21-15(3)10-14(2)11-19(18)21/h10-11,17,22H,5-9,12-13H2,1-4H3,(H,23,25)/t17-/m0/s1. The molecule has 3 rings (SSSR count). The minimum atomic E-state index is 0.134. The Hall–Kier alpha value is -1.81. The summed E-state index contributed by atoms with van der Waals surface area (Å²) in [4.78, 5) is 18.6. The number of rotatable bonds is 6. The predicted octanol–water partition coefficient (Wildman–Crippen LogP) is 3.63. The first-order valence-corrected chi connectivity index (χ1v) is 9.58. The summed E-state index contributed by atoms with van der Waals surface area (Å²) >= 11 is 0. The summed E-state index contributed by atoms with van der Waals surface area (Å²) in [6.07, 6.45) is 4.01. The molecule has 0 unspecified atom stereocenters. The van der Waals surface area contributed by atoms with Gasteiger partial charge in [-0.3, -0.25) is 4.79 Å². The molecule has 1 aromatic heterocycles. The topological polar surface area (TPSA) is 48.1 Å². The zero-order valence-corrected chi connectivity index (χ0v) is 16.0. The van der Waals surface area contributed by atoms with Gasteiger partial charge in [0, 0.05) is 29.2 Å². The van der Waals surface area contributed by atoms with Gasteiger partial charge in [-0.1, -0.05) is 18.6 Å². The molecule has 4 heteroatoms. The lowest BCUT2D eigenvalue weighted by atomic mass is 10.0. The summed E-state index contributed by atoms with van der Waals surface area (Å²) < 4.78 is 0. The van der Waals surface area contributed by atoms with Crippen molar-refractivity contribution < 1.29 is 4.79 Å². The third-order valence-corrected chi connectivity index (χ3v) is 5.44. The summed E-state index contributed by atoms with van der Waals surface area (Å²) in [5.74, 6) is 0.134. The Balaban J connectivity index is 1.71. The fourth-order valence-electron chi connectivity index (χ4n) is 4.06. The molecular weight excluding hydrogens is 310 g/mol. The number of H-pyrrole nitrogens is 1. The van der Waals surface area contributed by atoms with Gasteiger partial charge in [0.2, 0.25) is 5.91 Å². The highest BCUT2D eigenvalue weighted by atomic mass is 16.1. The number of carbonyl (C=O) groups is 1. The van der Waals surface area contributed by atoms with Crippen molar-refractivity contribution in [3.8, 4) is 0 Å². The summed E-state index contributed by atoms with van der Waals surface area (Å²) in [7, 11) is 0. The second kappa shape index (κ2) is 7.61. The first kappa shape index (κ1) is 18.0. The van der Waals surface area contributed by atoms with E-state index in [-0.39, 0.29) is 11.9 Å². The molecule has 1 aliphatic rings. The highest BCUT2D eigenvalue weighted by Crippen LogP contribution is 2.26. The number of aromatic nitrogens is 1. The second-order valence-electron chi connectivity index (χ2n) is 7.59. The first-order chi connectivity index (χ1) is 12.0. The molecule has 0 aliphatic carbocycles. The fourth-order valence-corrected chi connectivity index (χ4v) is 4.06. The molecule has 25 heavy (non-hydrogen) atoms. The number of benzene rings is 1. The molecule has 136 valence electrons. The van der Waals surface area contributed by atoms with Crippen LogP contribution in [0.5, 0.6) is 0 Å². The molecule has 0 bridgehead atoms. The number of aryl methyl sites for hydroxylation is 3. The van der Waals surface area contributed by atoms with E-state index in [1.165, 1.54) is 42.4 Å². The van der Waals surface area contributed by atoms with Crippen molar-refractivity contribution in [2.24, 2.45) is 0 Å². The van der Waals surface area contributed by atoms with Gasteiger partial charge >= 0.3 is 0 Å². The van der Waals surface area contributed by atoms with Crippen LogP contribution in [0.3, 0.4) is 0 Å². The molecule has 1 aliphatic heterocycles. The van der Waals surface area contributed by atoms with Crippen molar-refractivity contribution in [2.75, 3.05) is 19.6 Å². The number of likely N-dealkylation sites (tertiary alicyclic amines) is 1. The molecule has 1 atom stereocenters. The first-order valence-electron chi connectivity index (χ1n) is 9.58. The van der Waals surface area contributed by atoms with Gasteiger partial charge < -0.3 is 15.2 Å². The van der Waals surface area contributed by atoms with Gasteiger partial charge in [0.15, 0.2) is 0 Å². The minimum Gasteiger partial charge on any atom is -0.358 e. The van der Waals surface area contributed by atoms with E-state index < -0.39 is 0 Å². The van der Waals surface area contributed by atoms with Gasteiger partial charge in [0.05, 0.1) is 6.42 Å². The van der Waals surface area contributed by atoms with E-state index in [9.17, 15) is 4.79 Å². The SMILES string of the molecule is CC[C@@H](CN1CCCC1)NC(=O)Cc1c(C)[nH]c2c(C)cc(C)cc12. The minimum absolute atomic E-state index is 0.134. The maximum atomic E-state index is 12.7. The Bertz CT molecular complexity index is 756. The normalized spacial score (nSPS) is 16.5. The number of hydrogen-bond donors (Lipinski definition) is 2. The summed E-state index contributed by atoms with van der Waals surface area (Å²) in [6.45, 7) is 11.8. The average molecular weight is 341 g/mol. The Morgan fingerprint density at radius 1 is 1.24 bits per heavy atom. The molecule has 2 N–H and O–H groups in total. The Morgan fingerprint density at radius 3 is 2.64 bits per heavy atom. The maximum Gasteiger partial charge on any atom is 0.224 e. The number of nitrogens with one attached hydrogen (secondary N) is 2. The van der Waals surface area contributed by atoms with Crippen molar-refractivity contribution in [1.82, 2.24) is 15.2 Å². The summed E-state index contributed by atoms with van der Waals surface area (Å²) in [6, 6.07) is 4.63. The van der Waals surface area contributed by atoms with Crippen molar-refractivity contribution in [2.45, 2.75) is 59.4 Å². The lowest BCUT2D eigenvalue weighted by Gasteiger charge is -2.23. The highest BCUT2D eigenvalue weighted by Gasteiger charge is 2.19. The van der Waals surface area contributed by atoms with E-state index >= 15 is 0 Å². The van der Waals surface area contributed by atoms with E-state index in [1.807, 2.05) is 0 Å². The van der Waals surface area contributed by atoms with Crippen LogP contribution in [0.4, 0.5) is 0 Å². The fraction of sp³-hybridized carbons (Fsp3) is 0.571. The van der Waals surface area contributed by atoms with Crippen LogP contribution in [0.2, 0.25) is 0 Å². The van der Waals surface area contributed by atoms with Gasteiger partial charge in [0.1, 0.15) is 0 Å². The monoisotopic (exact) mass is 341 g/mol. The van der Waals surface area contributed by atoms with Crippen LogP contribution >= 0.6 is 0 Å². The number of aromatic amines is 1. The van der Waals surface area contributed by atoms with Gasteiger partial charge in [-0.25, -0.2) is 0 Å². The summed E-state index contributed by atoms with van der Waals surface area (Å²) in [5, 5.41) is 4.45. The van der Waals surface area contributed by atoms with Crippen molar-refractivity contribution in [1.29, 1.82) is 0 Å². The van der Waals surface area contributed by atoms with Crippen molar-refractivity contribution in [3.05, 3.63) is 34.5 Å². The third-order valence-electron chi connectivity index (χ3n) is 5.44. The molecule has 4 nitrogen and oxygen atoms in total.